The number of nitrogens with one attached hydrogen (secondary N) is 2. The van der Waals surface area contributed by atoms with Crippen molar-refractivity contribution in [3.63, 3.8) is 0 Å². The van der Waals surface area contributed by atoms with E-state index in [4.69, 9.17) is 16.3 Å². The first-order chi connectivity index (χ1) is 15.2. The van der Waals surface area contributed by atoms with E-state index in [1.807, 2.05) is 57.2 Å². The van der Waals surface area contributed by atoms with E-state index < -0.39 is 15.9 Å². The minimum Gasteiger partial charge on any atom is -0.494 e. The highest BCUT2D eigenvalue weighted by atomic mass is 35.5. The van der Waals surface area contributed by atoms with Gasteiger partial charge >= 0.3 is 0 Å². The molecule has 6 nitrogen and oxygen atoms in total. The number of ether oxygens (including phenoxy) is 1. The molecule has 0 bridgehead atoms. The Labute approximate surface area is 193 Å². The Kier molecular flexibility index (Phi) is 7.43. The Morgan fingerprint density at radius 3 is 2.53 bits per heavy atom. The summed E-state index contributed by atoms with van der Waals surface area (Å²) in [5.41, 5.74) is 3.16. The highest BCUT2D eigenvalue weighted by Gasteiger charge is 2.21. The van der Waals surface area contributed by atoms with Crippen LogP contribution in [0.2, 0.25) is 5.02 Å². The first-order valence-electron chi connectivity index (χ1n) is 10.1. The van der Waals surface area contributed by atoms with Crippen molar-refractivity contribution in [3.8, 4) is 5.75 Å². The molecule has 0 spiro atoms. The van der Waals surface area contributed by atoms with Crippen molar-refractivity contribution in [2.75, 3.05) is 11.3 Å². The fourth-order valence-corrected chi connectivity index (χ4v) is 4.77. The standard InChI is InChI=1S/C24H25ClN2O4S/c1-4-31-22-8-6-5-7-19(22)15-26-24(28)18-11-12-20(25)23(14-18)32(29,30)27-21-13-16(2)9-10-17(21)3/h5-14,27H,4,15H2,1-3H3,(H,26,28). The van der Waals surface area contributed by atoms with Gasteiger partial charge in [0, 0.05) is 17.7 Å². The summed E-state index contributed by atoms with van der Waals surface area (Å²) in [6, 6.07) is 17.0. The number of benzene rings is 3. The Bertz CT molecular complexity index is 1240. The van der Waals surface area contributed by atoms with E-state index in [9.17, 15) is 13.2 Å². The average Bonchev–Trinajstić information content (AvgIpc) is 2.75. The number of para-hydroxylation sites is 1. The molecule has 0 saturated heterocycles. The number of hydrogen-bond donors (Lipinski definition) is 2. The van der Waals surface area contributed by atoms with E-state index in [2.05, 4.69) is 10.0 Å². The molecule has 0 aliphatic rings. The van der Waals surface area contributed by atoms with E-state index in [0.717, 1.165) is 16.7 Å². The minimum absolute atomic E-state index is 0.0287. The third kappa shape index (κ3) is 5.60. The number of halogens is 1. The van der Waals surface area contributed by atoms with Crippen molar-refractivity contribution in [1.29, 1.82) is 0 Å². The maximum absolute atomic E-state index is 13.0. The monoisotopic (exact) mass is 472 g/mol. The molecule has 0 fully saturated rings. The molecule has 0 aliphatic heterocycles. The number of sulfonamides is 1. The first kappa shape index (κ1) is 23.6. The highest BCUT2D eigenvalue weighted by molar-refractivity contribution is 7.92. The minimum atomic E-state index is -4.00. The lowest BCUT2D eigenvalue weighted by molar-refractivity contribution is 0.0950. The maximum atomic E-state index is 13.0. The zero-order chi connectivity index (χ0) is 23.3. The molecule has 2 N–H and O–H groups in total. The van der Waals surface area contributed by atoms with Crippen LogP contribution in [0.4, 0.5) is 5.69 Å². The van der Waals surface area contributed by atoms with Gasteiger partial charge < -0.3 is 10.1 Å². The molecule has 3 aromatic carbocycles. The van der Waals surface area contributed by atoms with E-state index in [1.54, 1.807) is 6.07 Å². The summed E-state index contributed by atoms with van der Waals surface area (Å²) in [7, 11) is -4.00. The number of rotatable bonds is 8. The number of hydrogen-bond acceptors (Lipinski definition) is 4. The molecule has 0 saturated carbocycles. The van der Waals surface area contributed by atoms with Gasteiger partial charge in [0.15, 0.2) is 0 Å². The van der Waals surface area contributed by atoms with E-state index in [1.165, 1.54) is 18.2 Å². The number of carbonyl (C=O) groups is 1. The first-order valence-corrected chi connectivity index (χ1v) is 12.0. The van der Waals surface area contributed by atoms with Gasteiger partial charge in [0.2, 0.25) is 0 Å². The van der Waals surface area contributed by atoms with Gasteiger partial charge in [-0.05, 0) is 62.2 Å². The van der Waals surface area contributed by atoms with Gasteiger partial charge in [-0.15, -0.1) is 0 Å². The topological polar surface area (TPSA) is 84.5 Å². The second kappa shape index (κ2) is 10.1. The van der Waals surface area contributed by atoms with Gasteiger partial charge in [-0.1, -0.05) is 41.9 Å². The smallest absolute Gasteiger partial charge is 0.263 e. The highest BCUT2D eigenvalue weighted by Crippen LogP contribution is 2.27. The second-order valence-corrected chi connectivity index (χ2v) is 9.35. The Balaban J connectivity index is 1.82. The van der Waals surface area contributed by atoms with E-state index in [-0.39, 0.29) is 22.0 Å². The largest absolute Gasteiger partial charge is 0.494 e. The van der Waals surface area contributed by atoms with Crippen LogP contribution in [0.1, 0.15) is 34.0 Å². The second-order valence-electron chi connectivity index (χ2n) is 7.29. The van der Waals surface area contributed by atoms with Crippen LogP contribution in [0.5, 0.6) is 5.75 Å². The molecule has 0 heterocycles. The molecule has 0 atom stereocenters. The number of amides is 1. The molecule has 0 unspecified atom stereocenters. The van der Waals surface area contributed by atoms with Crippen LogP contribution in [0.3, 0.4) is 0 Å². The van der Waals surface area contributed by atoms with Gasteiger partial charge in [0.05, 0.1) is 17.3 Å². The maximum Gasteiger partial charge on any atom is 0.263 e. The summed E-state index contributed by atoms with van der Waals surface area (Å²) in [6.07, 6.45) is 0. The molecular weight excluding hydrogens is 448 g/mol. The van der Waals surface area contributed by atoms with Crippen molar-refractivity contribution in [2.45, 2.75) is 32.2 Å². The molecule has 1 amide bonds. The van der Waals surface area contributed by atoms with Crippen molar-refractivity contribution in [1.82, 2.24) is 5.32 Å². The van der Waals surface area contributed by atoms with Crippen LogP contribution in [0.25, 0.3) is 0 Å². The molecule has 3 aromatic rings. The third-order valence-electron chi connectivity index (χ3n) is 4.83. The van der Waals surface area contributed by atoms with Crippen molar-refractivity contribution < 1.29 is 17.9 Å². The predicted octanol–water partition coefficient (Wildman–Crippen LogP) is 5.09. The van der Waals surface area contributed by atoms with Gasteiger partial charge in [-0.3, -0.25) is 9.52 Å². The normalized spacial score (nSPS) is 11.1. The molecule has 0 radical (unpaired) electrons. The fraction of sp³-hybridized carbons (Fsp3) is 0.208. The fourth-order valence-electron chi connectivity index (χ4n) is 3.12. The predicted molar refractivity (Wildman–Crippen MR) is 127 cm³/mol. The van der Waals surface area contributed by atoms with Gasteiger partial charge in [0.1, 0.15) is 10.6 Å². The number of aryl methyl sites for hydroxylation is 2. The van der Waals surface area contributed by atoms with E-state index in [0.29, 0.717) is 18.0 Å². The zero-order valence-corrected chi connectivity index (χ0v) is 19.7. The molecule has 0 aliphatic carbocycles. The zero-order valence-electron chi connectivity index (χ0n) is 18.1. The van der Waals surface area contributed by atoms with Crippen LogP contribution in [-0.2, 0) is 16.6 Å². The number of anilines is 1. The molecule has 168 valence electrons. The SMILES string of the molecule is CCOc1ccccc1CNC(=O)c1ccc(Cl)c(S(=O)(=O)Nc2cc(C)ccc2C)c1. The lowest BCUT2D eigenvalue weighted by atomic mass is 10.1. The Morgan fingerprint density at radius 1 is 1.03 bits per heavy atom. The number of carbonyl (C=O) groups excluding carboxylic acids is 1. The summed E-state index contributed by atoms with van der Waals surface area (Å²) in [5.74, 6) is 0.267. The lowest BCUT2D eigenvalue weighted by Crippen LogP contribution is -2.24. The summed E-state index contributed by atoms with van der Waals surface area (Å²) in [5, 5.41) is 2.83. The van der Waals surface area contributed by atoms with Crippen LogP contribution >= 0.6 is 11.6 Å². The molecule has 32 heavy (non-hydrogen) atoms. The molecule has 3 rings (SSSR count). The Morgan fingerprint density at radius 2 is 1.78 bits per heavy atom. The quantitative estimate of drug-likeness (QED) is 0.478. The summed E-state index contributed by atoms with van der Waals surface area (Å²) in [4.78, 5) is 12.6. The summed E-state index contributed by atoms with van der Waals surface area (Å²) < 4.78 is 34.2. The van der Waals surface area contributed by atoms with Crippen LogP contribution in [0.15, 0.2) is 65.6 Å². The average molecular weight is 473 g/mol. The van der Waals surface area contributed by atoms with Crippen molar-refractivity contribution in [3.05, 3.63) is 87.9 Å². The molecule has 0 aromatic heterocycles. The van der Waals surface area contributed by atoms with Gasteiger partial charge in [-0.25, -0.2) is 8.42 Å². The molecule has 8 heteroatoms. The summed E-state index contributed by atoms with van der Waals surface area (Å²) in [6.45, 7) is 6.32. The van der Waals surface area contributed by atoms with Gasteiger partial charge in [-0.2, -0.15) is 0 Å². The molecular formula is C24H25ClN2O4S. The van der Waals surface area contributed by atoms with Crippen molar-refractivity contribution >= 4 is 33.2 Å². The van der Waals surface area contributed by atoms with Crippen molar-refractivity contribution in [2.24, 2.45) is 0 Å². The van der Waals surface area contributed by atoms with Gasteiger partial charge in [0.25, 0.3) is 15.9 Å². The third-order valence-corrected chi connectivity index (χ3v) is 6.68. The van der Waals surface area contributed by atoms with E-state index >= 15 is 0 Å². The lowest BCUT2D eigenvalue weighted by Gasteiger charge is -2.14. The van der Waals surface area contributed by atoms with Crippen LogP contribution in [-0.4, -0.2) is 20.9 Å². The Hall–Kier alpha value is -3.03. The van der Waals surface area contributed by atoms with Crippen LogP contribution < -0.4 is 14.8 Å². The van der Waals surface area contributed by atoms with Crippen LogP contribution in [0, 0.1) is 13.8 Å². The summed E-state index contributed by atoms with van der Waals surface area (Å²) >= 11 is 6.18.